The number of rotatable bonds is 6. The lowest BCUT2D eigenvalue weighted by atomic mass is 9.98. The largest absolute Gasteiger partial charge is 0.455 e. The van der Waals surface area contributed by atoms with Gasteiger partial charge in [-0.15, -0.1) is 0 Å². The number of benzene rings is 9. The Morgan fingerprint density at radius 1 is 0.346 bits per heavy atom. The maximum atomic E-state index is 6.57. The molecule has 2 heteroatoms. The minimum Gasteiger partial charge on any atom is -0.455 e. The van der Waals surface area contributed by atoms with E-state index in [0.29, 0.717) is 0 Å². The third kappa shape index (κ3) is 5.12. The molecule has 2 nitrogen and oxygen atoms in total. The fourth-order valence-corrected chi connectivity index (χ4v) is 7.71. The Morgan fingerprint density at radius 3 is 1.65 bits per heavy atom. The third-order valence-corrected chi connectivity index (χ3v) is 10.3. The lowest BCUT2D eigenvalue weighted by Crippen LogP contribution is -2.10. The summed E-state index contributed by atoms with van der Waals surface area (Å²) in [7, 11) is 0. The molecule has 0 N–H and O–H groups in total. The number of anilines is 3. The van der Waals surface area contributed by atoms with Gasteiger partial charge in [0.2, 0.25) is 0 Å². The van der Waals surface area contributed by atoms with Gasteiger partial charge in [0.15, 0.2) is 0 Å². The van der Waals surface area contributed by atoms with Crippen LogP contribution in [0.2, 0.25) is 0 Å². The highest BCUT2D eigenvalue weighted by Crippen LogP contribution is 2.43. The van der Waals surface area contributed by atoms with E-state index < -0.39 is 0 Å². The van der Waals surface area contributed by atoms with Crippen LogP contribution in [0.3, 0.4) is 0 Å². The molecule has 0 unspecified atom stereocenters. The average Bonchev–Trinajstić information content (AvgIpc) is 3.60. The Labute approximate surface area is 302 Å². The lowest BCUT2D eigenvalue weighted by Gasteiger charge is -2.28. The number of hydrogen-bond donors (Lipinski definition) is 0. The Morgan fingerprint density at radius 2 is 0.904 bits per heavy atom. The predicted octanol–water partition coefficient (Wildman–Crippen LogP) is 14.4. The van der Waals surface area contributed by atoms with Crippen molar-refractivity contribution in [3.63, 3.8) is 0 Å². The van der Waals surface area contributed by atoms with Gasteiger partial charge < -0.3 is 9.32 Å². The molecular weight excluding hydrogens is 631 g/mol. The van der Waals surface area contributed by atoms with Crippen molar-refractivity contribution in [1.29, 1.82) is 0 Å². The van der Waals surface area contributed by atoms with E-state index in [1.165, 1.54) is 43.8 Å². The number of para-hydroxylation sites is 1. The first-order valence-electron chi connectivity index (χ1n) is 17.8. The lowest BCUT2D eigenvalue weighted by molar-refractivity contribution is 0.670. The topological polar surface area (TPSA) is 16.4 Å². The monoisotopic (exact) mass is 663 g/mol. The standard InChI is InChI=1S/C50H33NO/c1-3-11-34(12-4-1)36-23-28-41(29-24-36)51(47-20-9-16-39-22-21-37-15-7-8-17-43(37)49(39)47)42-30-25-38(26-31-42)44-18-10-19-45-46-33-40(35-13-5-2-6-14-35)27-32-48(46)52-50(44)45/h1-33H. The van der Waals surface area contributed by atoms with Crippen LogP contribution in [-0.2, 0) is 0 Å². The van der Waals surface area contributed by atoms with Crippen LogP contribution in [0, 0.1) is 0 Å². The molecule has 0 aliphatic carbocycles. The molecule has 0 bridgehead atoms. The Bertz CT molecular complexity index is 2870. The van der Waals surface area contributed by atoms with Crippen molar-refractivity contribution in [3.05, 3.63) is 200 Å². The highest BCUT2D eigenvalue weighted by Gasteiger charge is 2.19. The molecule has 10 aromatic rings. The van der Waals surface area contributed by atoms with Crippen molar-refractivity contribution in [2.24, 2.45) is 0 Å². The van der Waals surface area contributed by atoms with E-state index in [1.807, 2.05) is 0 Å². The maximum Gasteiger partial charge on any atom is 0.143 e. The van der Waals surface area contributed by atoms with Gasteiger partial charge in [-0.2, -0.15) is 0 Å². The molecule has 1 aromatic heterocycles. The zero-order chi connectivity index (χ0) is 34.4. The van der Waals surface area contributed by atoms with Crippen molar-refractivity contribution in [1.82, 2.24) is 0 Å². The second-order valence-corrected chi connectivity index (χ2v) is 13.3. The minimum atomic E-state index is 0.895. The smallest absolute Gasteiger partial charge is 0.143 e. The first kappa shape index (κ1) is 30.0. The van der Waals surface area contributed by atoms with Crippen LogP contribution in [0.25, 0.3) is 76.9 Å². The van der Waals surface area contributed by atoms with Crippen molar-refractivity contribution >= 4 is 60.5 Å². The van der Waals surface area contributed by atoms with Crippen molar-refractivity contribution in [3.8, 4) is 33.4 Å². The van der Waals surface area contributed by atoms with Gasteiger partial charge in [0.1, 0.15) is 11.2 Å². The molecular formula is C50H33NO. The zero-order valence-corrected chi connectivity index (χ0v) is 28.4. The molecule has 0 saturated carbocycles. The van der Waals surface area contributed by atoms with Gasteiger partial charge in [-0.05, 0) is 86.4 Å². The summed E-state index contributed by atoms with van der Waals surface area (Å²) < 4.78 is 6.57. The van der Waals surface area contributed by atoms with E-state index in [4.69, 9.17) is 4.42 Å². The van der Waals surface area contributed by atoms with Gasteiger partial charge in [-0.3, -0.25) is 0 Å². The molecule has 0 radical (unpaired) electrons. The first-order valence-corrected chi connectivity index (χ1v) is 17.8. The second-order valence-electron chi connectivity index (χ2n) is 13.3. The van der Waals surface area contributed by atoms with Crippen molar-refractivity contribution < 1.29 is 4.42 Å². The average molecular weight is 664 g/mol. The minimum absolute atomic E-state index is 0.895. The van der Waals surface area contributed by atoms with E-state index in [2.05, 4.69) is 205 Å². The van der Waals surface area contributed by atoms with E-state index in [9.17, 15) is 0 Å². The van der Waals surface area contributed by atoms with Crippen LogP contribution in [0.15, 0.2) is 205 Å². The van der Waals surface area contributed by atoms with E-state index in [1.54, 1.807) is 0 Å². The van der Waals surface area contributed by atoms with Crippen LogP contribution in [0.4, 0.5) is 17.1 Å². The molecule has 0 spiro atoms. The fourth-order valence-electron chi connectivity index (χ4n) is 7.71. The summed E-state index contributed by atoms with van der Waals surface area (Å²) in [6.45, 7) is 0. The molecule has 10 rings (SSSR count). The normalized spacial score (nSPS) is 11.5. The molecule has 0 atom stereocenters. The summed E-state index contributed by atoms with van der Waals surface area (Å²) in [4.78, 5) is 2.39. The quantitative estimate of drug-likeness (QED) is 0.165. The zero-order valence-electron chi connectivity index (χ0n) is 28.4. The second kappa shape index (κ2) is 12.5. The van der Waals surface area contributed by atoms with E-state index in [-0.39, 0.29) is 0 Å². The summed E-state index contributed by atoms with van der Waals surface area (Å²) in [6, 6.07) is 71.6. The van der Waals surface area contributed by atoms with Gasteiger partial charge >= 0.3 is 0 Å². The van der Waals surface area contributed by atoms with Crippen LogP contribution in [-0.4, -0.2) is 0 Å². The molecule has 52 heavy (non-hydrogen) atoms. The van der Waals surface area contributed by atoms with Crippen molar-refractivity contribution in [2.75, 3.05) is 4.90 Å². The Hall–Kier alpha value is -6.90. The molecule has 0 fully saturated rings. The van der Waals surface area contributed by atoms with Gasteiger partial charge in [0.05, 0.1) is 5.69 Å². The fraction of sp³-hybridized carbons (Fsp3) is 0. The predicted molar refractivity (Wildman–Crippen MR) is 220 cm³/mol. The van der Waals surface area contributed by atoms with Crippen LogP contribution < -0.4 is 4.90 Å². The van der Waals surface area contributed by atoms with Gasteiger partial charge in [0.25, 0.3) is 0 Å². The van der Waals surface area contributed by atoms with Crippen LogP contribution in [0.5, 0.6) is 0 Å². The summed E-state index contributed by atoms with van der Waals surface area (Å²) in [6.07, 6.45) is 0. The van der Waals surface area contributed by atoms with E-state index >= 15 is 0 Å². The van der Waals surface area contributed by atoms with E-state index in [0.717, 1.165) is 50.1 Å². The molecule has 9 aromatic carbocycles. The van der Waals surface area contributed by atoms with Gasteiger partial charge in [-0.25, -0.2) is 0 Å². The SMILES string of the molecule is c1ccc(-c2ccc(N(c3ccc(-c4cccc5c4oc4ccc(-c6ccccc6)cc45)cc3)c3cccc4ccc5ccccc5c34)cc2)cc1. The first-order chi connectivity index (χ1) is 25.8. The number of furan rings is 1. The third-order valence-electron chi connectivity index (χ3n) is 10.3. The number of fused-ring (bicyclic) bond motifs is 6. The molecule has 244 valence electrons. The summed E-state index contributed by atoms with van der Waals surface area (Å²) in [5, 5.41) is 7.17. The molecule has 0 amide bonds. The molecule has 1 heterocycles. The Balaban J connectivity index is 1.10. The maximum absolute atomic E-state index is 6.57. The number of nitrogens with zero attached hydrogens (tertiary/aromatic N) is 1. The molecule has 0 aliphatic heterocycles. The summed E-state index contributed by atoms with van der Waals surface area (Å²) in [5.74, 6) is 0. The summed E-state index contributed by atoms with van der Waals surface area (Å²) >= 11 is 0. The van der Waals surface area contributed by atoms with Gasteiger partial charge in [-0.1, -0.05) is 158 Å². The Kier molecular flexibility index (Phi) is 7.18. The molecule has 0 aliphatic rings. The highest BCUT2D eigenvalue weighted by molar-refractivity contribution is 6.15. The van der Waals surface area contributed by atoms with Crippen LogP contribution >= 0.6 is 0 Å². The van der Waals surface area contributed by atoms with Gasteiger partial charge in [0, 0.05) is 33.1 Å². The van der Waals surface area contributed by atoms with Crippen LogP contribution in [0.1, 0.15) is 0 Å². The molecule has 0 saturated heterocycles. The number of hydrogen-bond acceptors (Lipinski definition) is 2. The summed E-state index contributed by atoms with van der Waals surface area (Å²) in [5.41, 5.74) is 12.1. The highest BCUT2D eigenvalue weighted by atomic mass is 16.3. The van der Waals surface area contributed by atoms with Crippen molar-refractivity contribution in [2.45, 2.75) is 0 Å².